The number of halogens is 3. The summed E-state index contributed by atoms with van der Waals surface area (Å²) in [7, 11) is -3.45. The van der Waals surface area contributed by atoms with E-state index < -0.39 is 45.7 Å². The molecule has 4 atom stereocenters. The van der Waals surface area contributed by atoms with Crippen molar-refractivity contribution in [2.24, 2.45) is 5.92 Å². The van der Waals surface area contributed by atoms with Gasteiger partial charge in [-0.15, -0.1) is 0 Å². The molecule has 2 aliphatic heterocycles. The zero-order chi connectivity index (χ0) is 24.8. The van der Waals surface area contributed by atoms with Gasteiger partial charge in [-0.2, -0.15) is 4.31 Å². The molecule has 2 N–H and O–H groups in total. The van der Waals surface area contributed by atoms with Crippen LogP contribution in [0.25, 0.3) is 0 Å². The Balaban J connectivity index is 1.52. The number of nitrogens with one attached hydrogen (secondary N) is 2. The number of benzene rings is 1. The van der Waals surface area contributed by atoms with E-state index in [-0.39, 0.29) is 41.5 Å². The third-order valence-corrected chi connectivity index (χ3v) is 8.46. The Kier molecular flexibility index (Phi) is 7.19. The van der Waals surface area contributed by atoms with Crippen LogP contribution >= 0.6 is 11.6 Å². The average molecular weight is 519 g/mol. The fourth-order valence-electron chi connectivity index (χ4n) is 4.89. The van der Waals surface area contributed by atoms with E-state index in [9.17, 15) is 26.8 Å². The molecule has 2 saturated heterocycles. The molecule has 12 heteroatoms. The van der Waals surface area contributed by atoms with Crippen molar-refractivity contribution in [1.29, 1.82) is 0 Å². The fraction of sp³-hybridized carbons (Fsp3) is 0.636. The van der Waals surface area contributed by atoms with Crippen molar-refractivity contribution in [3.05, 3.63) is 34.4 Å². The highest BCUT2D eigenvalue weighted by molar-refractivity contribution is 7.88. The summed E-state index contributed by atoms with van der Waals surface area (Å²) in [6.45, 7) is 2.44. The normalized spacial score (nSPS) is 27.0. The molecule has 2 amide bonds. The molecule has 3 aliphatic rings. The van der Waals surface area contributed by atoms with Crippen molar-refractivity contribution in [3.63, 3.8) is 0 Å². The van der Waals surface area contributed by atoms with E-state index >= 15 is 0 Å². The second kappa shape index (κ2) is 9.67. The van der Waals surface area contributed by atoms with Crippen molar-refractivity contribution in [2.45, 2.75) is 56.8 Å². The fourth-order valence-corrected chi connectivity index (χ4v) is 5.88. The molecule has 1 aromatic rings. The summed E-state index contributed by atoms with van der Waals surface area (Å²) in [5.41, 5.74) is 0.0411. The lowest BCUT2D eigenvalue weighted by Crippen LogP contribution is -2.61. The number of rotatable bonds is 6. The van der Waals surface area contributed by atoms with Crippen LogP contribution in [0, 0.1) is 17.6 Å². The SMILES string of the molecule is C[C@@H]1CC[C@H](C(=O)N[C@@H](c2cc(F)c(Cl)cc2F)C2CC2)N1C(=O)[C@@H]1CN(S(C)(=O)=O)CCN1. The predicted octanol–water partition coefficient (Wildman–Crippen LogP) is 1.80. The van der Waals surface area contributed by atoms with Crippen LogP contribution in [0.1, 0.15) is 44.2 Å². The van der Waals surface area contributed by atoms with Gasteiger partial charge in [-0.05, 0) is 50.7 Å². The molecule has 0 unspecified atom stereocenters. The van der Waals surface area contributed by atoms with Crippen molar-refractivity contribution in [2.75, 3.05) is 25.9 Å². The number of hydrogen-bond acceptors (Lipinski definition) is 5. The predicted molar refractivity (Wildman–Crippen MR) is 123 cm³/mol. The van der Waals surface area contributed by atoms with Crippen LogP contribution in [-0.4, -0.2) is 73.5 Å². The highest BCUT2D eigenvalue weighted by Gasteiger charge is 2.44. The third kappa shape index (κ3) is 5.22. The van der Waals surface area contributed by atoms with Crippen LogP contribution in [0.15, 0.2) is 12.1 Å². The molecular weight excluding hydrogens is 490 g/mol. The molecule has 188 valence electrons. The van der Waals surface area contributed by atoms with E-state index in [4.69, 9.17) is 11.6 Å². The van der Waals surface area contributed by atoms with Gasteiger partial charge >= 0.3 is 0 Å². The number of amides is 2. The quantitative estimate of drug-likeness (QED) is 0.560. The van der Waals surface area contributed by atoms with Crippen LogP contribution in [0.5, 0.6) is 0 Å². The zero-order valence-corrected chi connectivity index (χ0v) is 20.6. The lowest BCUT2D eigenvalue weighted by molar-refractivity contribution is -0.142. The summed E-state index contributed by atoms with van der Waals surface area (Å²) < 4.78 is 53.8. The molecule has 4 rings (SSSR count). The van der Waals surface area contributed by atoms with Crippen molar-refractivity contribution >= 4 is 33.4 Å². The van der Waals surface area contributed by atoms with Gasteiger partial charge in [0.05, 0.1) is 17.3 Å². The van der Waals surface area contributed by atoms with E-state index in [1.807, 2.05) is 6.92 Å². The van der Waals surface area contributed by atoms with Crippen LogP contribution in [0.2, 0.25) is 5.02 Å². The number of hydrogen-bond donors (Lipinski definition) is 2. The maximum Gasteiger partial charge on any atom is 0.243 e. The summed E-state index contributed by atoms with van der Waals surface area (Å²) in [6.07, 6.45) is 3.67. The average Bonchev–Trinajstić information content (AvgIpc) is 3.55. The summed E-state index contributed by atoms with van der Waals surface area (Å²) in [5, 5.41) is 5.59. The van der Waals surface area contributed by atoms with E-state index in [1.165, 1.54) is 9.21 Å². The van der Waals surface area contributed by atoms with Crippen LogP contribution in [0.4, 0.5) is 8.78 Å². The highest BCUT2D eigenvalue weighted by atomic mass is 35.5. The summed E-state index contributed by atoms with van der Waals surface area (Å²) in [5.74, 6) is -2.25. The van der Waals surface area contributed by atoms with Gasteiger partial charge in [0.2, 0.25) is 21.8 Å². The molecule has 0 radical (unpaired) electrons. The molecule has 0 bridgehead atoms. The van der Waals surface area contributed by atoms with E-state index in [0.29, 0.717) is 19.4 Å². The first-order chi connectivity index (χ1) is 16.0. The second-order valence-electron chi connectivity index (χ2n) is 9.43. The first-order valence-electron chi connectivity index (χ1n) is 11.4. The van der Waals surface area contributed by atoms with E-state index in [0.717, 1.165) is 31.2 Å². The first kappa shape index (κ1) is 25.3. The molecular formula is C22H29ClF2N4O4S. The zero-order valence-electron chi connectivity index (χ0n) is 19.1. The van der Waals surface area contributed by atoms with Gasteiger partial charge in [0.25, 0.3) is 0 Å². The van der Waals surface area contributed by atoms with Crippen molar-refractivity contribution in [1.82, 2.24) is 19.8 Å². The molecule has 3 fully saturated rings. The largest absolute Gasteiger partial charge is 0.347 e. The Labute approximate surface area is 203 Å². The number of nitrogens with zero attached hydrogens (tertiary/aromatic N) is 2. The Bertz CT molecular complexity index is 1080. The highest BCUT2D eigenvalue weighted by Crippen LogP contribution is 2.42. The van der Waals surface area contributed by atoms with Crippen LogP contribution in [0.3, 0.4) is 0 Å². The number of sulfonamides is 1. The Morgan fingerprint density at radius 1 is 1.18 bits per heavy atom. The minimum atomic E-state index is -3.45. The van der Waals surface area contributed by atoms with Gasteiger partial charge in [0.1, 0.15) is 23.7 Å². The van der Waals surface area contributed by atoms with Gasteiger partial charge in [0.15, 0.2) is 0 Å². The van der Waals surface area contributed by atoms with Gasteiger partial charge < -0.3 is 15.5 Å². The summed E-state index contributed by atoms with van der Waals surface area (Å²) >= 11 is 5.68. The number of piperazine rings is 1. The monoisotopic (exact) mass is 518 g/mol. The van der Waals surface area contributed by atoms with Crippen LogP contribution < -0.4 is 10.6 Å². The van der Waals surface area contributed by atoms with Crippen molar-refractivity contribution in [3.8, 4) is 0 Å². The molecule has 2 heterocycles. The van der Waals surface area contributed by atoms with Gasteiger partial charge in [-0.1, -0.05) is 11.6 Å². The second-order valence-corrected chi connectivity index (χ2v) is 11.8. The van der Waals surface area contributed by atoms with Crippen LogP contribution in [-0.2, 0) is 19.6 Å². The maximum atomic E-state index is 14.6. The number of carbonyl (C=O) groups excluding carboxylic acids is 2. The number of likely N-dealkylation sites (tertiary alicyclic amines) is 1. The van der Waals surface area contributed by atoms with E-state index in [1.54, 1.807) is 0 Å². The standard InChI is InChI=1S/C22H29ClF2N4O4S/c1-12-3-6-19(29(12)22(31)18-11-28(8-7-26-18)34(2,32)33)21(30)27-20(13-4-5-13)14-9-17(25)15(23)10-16(14)24/h9-10,12-13,18-20,26H,3-8,11H2,1-2H3,(H,27,30)/t12-,18+,19-,20-/m1/s1. The van der Waals surface area contributed by atoms with Gasteiger partial charge in [-0.3, -0.25) is 9.59 Å². The van der Waals surface area contributed by atoms with Gasteiger partial charge in [-0.25, -0.2) is 17.2 Å². The number of carbonyl (C=O) groups is 2. The smallest absolute Gasteiger partial charge is 0.243 e. The van der Waals surface area contributed by atoms with E-state index in [2.05, 4.69) is 10.6 Å². The molecule has 34 heavy (non-hydrogen) atoms. The third-order valence-electron chi connectivity index (χ3n) is 6.90. The lowest BCUT2D eigenvalue weighted by Gasteiger charge is -2.36. The summed E-state index contributed by atoms with van der Waals surface area (Å²) in [4.78, 5) is 28.2. The Hall–Kier alpha value is -1.82. The van der Waals surface area contributed by atoms with Crippen molar-refractivity contribution < 1.29 is 26.8 Å². The molecule has 8 nitrogen and oxygen atoms in total. The maximum absolute atomic E-state index is 14.6. The lowest BCUT2D eigenvalue weighted by atomic mass is 10.0. The first-order valence-corrected chi connectivity index (χ1v) is 13.7. The molecule has 0 spiro atoms. The molecule has 1 aliphatic carbocycles. The Morgan fingerprint density at radius 2 is 1.88 bits per heavy atom. The topological polar surface area (TPSA) is 98.8 Å². The van der Waals surface area contributed by atoms with Gasteiger partial charge in [0, 0.05) is 31.2 Å². The molecule has 0 aromatic heterocycles. The summed E-state index contributed by atoms with van der Waals surface area (Å²) in [6, 6.07) is -0.555. The molecule has 1 saturated carbocycles. The minimum Gasteiger partial charge on any atom is -0.347 e. The Morgan fingerprint density at radius 3 is 2.53 bits per heavy atom. The minimum absolute atomic E-state index is 0.00477. The molecule has 1 aromatic carbocycles.